The van der Waals surface area contributed by atoms with Crippen molar-refractivity contribution in [3.63, 3.8) is 0 Å². The fourth-order valence-electron chi connectivity index (χ4n) is 11.7. The van der Waals surface area contributed by atoms with Crippen molar-refractivity contribution >= 4 is 59.3 Å². The summed E-state index contributed by atoms with van der Waals surface area (Å²) in [7, 11) is 0. The predicted molar refractivity (Wildman–Crippen MR) is 398 cm³/mol. The lowest BCUT2D eigenvalue weighted by Gasteiger charge is -2.42. The third-order valence-electron chi connectivity index (χ3n) is 17.6. The molecule has 3 aliphatic rings. The molecule has 0 aromatic heterocycles. The van der Waals surface area contributed by atoms with E-state index in [9.17, 15) is 93.9 Å². The predicted octanol–water partition coefficient (Wildman–Crippen LogP) is -8.23. The minimum Gasteiger partial charge on any atom is -0.445 e. The molecule has 3 aliphatic heterocycles. The van der Waals surface area contributed by atoms with Crippen molar-refractivity contribution in [2.75, 3.05) is 178 Å². The van der Waals surface area contributed by atoms with Crippen LogP contribution in [0.4, 0.5) is 4.79 Å². The molecule has 0 bridgehead atoms. The van der Waals surface area contributed by atoms with Crippen molar-refractivity contribution in [1.82, 2.24) is 58.1 Å². The van der Waals surface area contributed by atoms with Gasteiger partial charge in [-0.05, 0) is 44.1 Å². The standard InChI is InChI=1S/C72H123N11O32/c1-46(87)80-59-65(98)62(95)51(42-84)113-69(59)109-37-34-106-31-28-103-25-22-75-54(90)15-9-19-73-57(93)40-83(41-58(94)74-20-10-16-55(91)76-23-26-104-29-32-107-35-38-110-70-60(81-47(2)88)66(99)63(96)52(43-85)114-70)50(14-7-8-18-79-72(102)112-45-49-12-5-4-6-13-49)68(101)78-21-11-17-56(92)77-24-27-105-30-33-108-36-39-111-71-61(82-48(3)89)67(100)64(97)53(44-86)115-71/h4-6,12-13,50-53,59-67,69-71,84-86,95-100H,7-11,14-45H2,1-3H3,(H,73,93)(H,74,94)(H,75,90)(H,76,91)(H,77,92)(H,78,101)(H,79,102)(H,80,87)(H,81,88)(H,82,89)/t50?,51-,52-,53-,59-,60-,61-,62+,63+,64+,65-,66-,67-,69-,70-,71-/m0/s1. The van der Waals surface area contributed by atoms with Crippen LogP contribution in [-0.4, -0.2) is 386 Å². The van der Waals surface area contributed by atoms with Crippen molar-refractivity contribution < 1.29 is 155 Å². The molecule has 19 N–H and O–H groups in total. The van der Waals surface area contributed by atoms with E-state index in [4.69, 9.17) is 61.6 Å². The molecule has 1 aromatic carbocycles. The van der Waals surface area contributed by atoms with Gasteiger partial charge in [0.05, 0.1) is 138 Å². The SMILES string of the molecule is CC(=O)N[C@@H]1[C@@H](OCCOCCOCCNC(=O)CCCNC(=O)CN(CC(=O)NCCCC(=O)NCCOCCOCCO[C@H]2O[C@@H](CO)[C@@H](O)[C@@H](O)[C@@H]2NC(C)=O)C(CCCCNC(=O)OCc2ccccc2)C(=O)NCCCC(=O)NCCOCCOCCO[C@H]2O[C@@H](CO)[C@@H](O)[C@@H](O)[C@@H]2NC(C)=O)O[C@@H](CO)[C@@H](O)[C@H]1O. The van der Waals surface area contributed by atoms with Crippen LogP contribution in [-0.2, 0) is 111 Å². The van der Waals surface area contributed by atoms with Gasteiger partial charge in [-0.3, -0.25) is 48.1 Å². The Bertz CT molecular complexity index is 2840. The smallest absolute Gasteiger partial charge is 0.407 e. The lowest BCUT2D eigenvalue weighted by Crippen LogP contribution is -2.64. The van der Waals surface area contributed by atoms with E-state index in [0.717, 1.165) is 5.56 Å². The first-order valence-corrected chi connectivity index (χ1v) is 38.7. The van der Waals surface area contributed by atoms with E-state index in [2.05, 4.69) is 53.2 Å². The summed E-state index contributed by atoms with van der Waals surface area (Å²) < 4.78 is 72.0. The van der Waals surface area contributed by atoms with Crippen LogP contribution >= 0.6 is 0 Å². The van der Waals surface area contributed by atoms with Gasteiger partial charge in [0.25, 0.3) is 0 Å². The van der Waals surface area contributed by atoms with E-state index in [1.165, 1.54) is 25.7 Å². The van der Waals surface area contributed by atoms with Crippen LogP contribution < -0.4 is 53.2 Å². The summed E-state index contributed by atoms with van der Waals surface area (Å²) in [5, 5.41) is 117. The largest absolute Gasteiger partial charge is 0.445 e. The molecule has 658 valence electrons. The third-order valence-corrected chi connectivity index (χ3v) is 17.6. The molecule has 0 aliphatic carbocycles. The van der Waals surface area contributed by atoms with Crippen LogP contribution in [0.15, 0.2) is 30.3 Å². The number of carbonyl (C=O) groups is 10. The molecule has 1 unspecified atom stereocenters. The topological polar surface area (TPSA) is 596 Å². The Hall–Kier alpha value is -7.16. The molecule has 0 saturated carbocycles. The number of unbranched alkanes of at least 4 members (excludes halogenated alkanes) is 1. The van der Waals surface area contributed by atoms with Gasteiger partial charge < -0.3 is 161 Å². The highest BCUT2D eigenvalue weighted by Crippen LogP contribution is 2.25. The summed E-state index contributed by atoms with van der Waals surface area (Å²) >= 11 is 0. The van der Waals surface area contributed by atoms with Gasteiger partial charge in [0, 0.05) is 85.8 Å². The average molecular weight is 1650 g/mol. The van der Waals surface area contributed by atoms with Gasteiger partial charge in [-0.2, -0.15) is 0 Å². The number of benzene rings is 1. The second kappa shape index (κ2) is 59.5. The second-order valence-electron chi connectivity index (χ2n) is 26.8. The minimum atomic E-state index is -1.47. The summed E-state index contributed by atoms with van der Waals surface area (Å²) in [5.41, 5.74) is 0.777. The van der Waals surface area contributed by atoms with Gasteiger partial charge in [0.1, 0.15) is 79.7 Å². The molecular formula is C72H123N11O32. The Morgan fingerprint density at radius 3 is 1.05 bits per heavy atom. The minimum absolute atomic E-state index is 0.00563. The van der Waals surface area contributed by atoms with E-state index in [-0.39, 0.29) is 214 Å². The van der Waals surface area contributed by atoms with E-state index in [0.29, 0.717) is 12.8 Å². The molecule has 3 fully saturated rings. The molecule has 0 radical (unpaired) electrons. The van der Waals surface area contributed by atoms with E-state index >= 15 is 0 Å². The van der Waals surface area contributed by atoms with Gasteiger partial charge in [0.2, 0.25) is 53.2 Å². The van der Waals surface area contributed by atoms with Gasteiger partial charge >= 0.3 is 6.09 Å². The Morgan fingerprint density at radius 2 is 0.704 bits per heavy atom. The maximum absolute atomic E-state index is 14.3. The molecular weight excluding hydrogens is 1530 g/mol. The summed E-state index contributed by atoms with van der Waals surface area (Å²) in [4.78, 5) is 129. The van der Waals surface area contributed by atoms with Crippen LogP contribution in [0.25, 0.3) is 0 Å². The van der Waals surface area contributed by atoms with Crippen molar-refractivity contribution in [3.8, 4) is 0 Å². The van der Waals surface area contributed by atoms with Crippen LogP contribution in [0.3, 0.4) is 0 Å². The van der Waals surface area contributed by atoms with Crippen molar-refractivity contribution in [3.05, 3.63) is 35.9 Å². The van der Waals surface area contributed by atoms with Gasteiger partial charge in [-0.15, -0.1) is 0 Å². The van der Waals surface area contributed by atoms with E-state index in [1.807, 2.05) is 6.07 Å². The Labute approximate surface area is 667 Å². The fraction of sp³-hybridized carbons (Fsp3) is 0.778. The molecule has 0 spiro atoms. The highest BCUT2D eigenvalue weighted by molar-refractivity contribution is 5.86. The number of aliphatic hydroxyl groups is 9. The fourth-order valence-corrected chi connectivity index (χ4v) is 11.7. The number of hydrogen-bond donors (Lipinski definition) is 19. The number of amides is 10. The average Bonchev–Trinajstić information content (AvgIpc) is 0.819. The van der Waals surface area contributed by atoms with E-state index in [1.54, 1.807) is 24.3 Å². The number of carbonyl (C=O) groups excluding carboxylic acids is 10. The maximum Gasteiger partial charge on any atom is 0.407 e. The highest BCUT2D eigenvalue weighted by atomic mass is 16.7. The molecule has 1 aromatic rings. The summed E-state index contributed by atoms with van der Waals surface area (Å²) in [6, 6.07) is 4.61. The molecule has 10 amide bonds. The van der Waals surface area contributed by atoms with Crippen molar-refractivity contribution in [1.29, 1.82) is 0 Å². The van der Waals surface area contributed by atoms with Crippen molar-refractivity contribution in [2.24, 2.45) is 0 Å². The van der Waals surface area contributed by atoms with Gasteiger partial charge in [-0.1, -0.05) is 30.3 Å². The molecule has 3 heterocycles. The highest BCUT2D eigenvalue weighted by Gasteiger charge is 2.48. The number of aliphatic hydroxyl groups excluding tert-OH is 9. The zero-order valence-electron chi connectivity index (χ0n) is 65.6. The zero-order valence-corrected chi connectivity index (χ0v) is 65.6. The molecule has 16 atom stereocenters. The Kier molecular flexibility index (Phi) is 51.8. The van der Waals surface area contributed by atoms with Gasteiger partial charge in [-0.25, -0.2) is 4.79 Å². The zero-order chi connectivity index (χ0) is 84.1. The number of rotatable bonds is 61. The van der Waals surface area contributed by atoms with Crippen LogP contribution in [0.2, 0.25) is 0 Å². The van der Waals surface area contributed by atoms with Crippen LogP contribution in [0, 0.1) is 0 Å². The lowest BCUT2D eigenvalue weighted by atomic mass is 9.97. The number of alkyl carbamates (subject to hydrolysis) is 1. The molecule has 115 heavy (non-hydrogen) atoms. The summed E-state index contributed by atoms with van der Waals surface area (Å²) in [6.45, 7) is 2.96. The molecule has 3 saturated heterocycles. The first-order chi connectivity index (χ1) is 55.4. The number of ether oxygens (including phenoxy) is 13. The van der Waals surface area contributed by atoms with Gasteiger partial charge in [0.15, 0.2) is 18.9 Å². The monoisotopic (exact) mass is 1650 g/mol. The Morgan fingerprint density at radius 1 is 0.383 bits per heavy atom. The molecule has 43 heteroatoms. The Balaban J connectivity index is 1.26. The lowest BCUT2D eigenvalue weighted by molar-refractivity contribution is -0.272. The number of nitrogens with zero attached hydrogens (tertiary/aromatic N) is 1. The summed E-state index contributed by atoms with van der Waals surface area (Å²) in [5.74, 6) is -4.25. The van der Waals surface area contributed by atoms with E-state index < -0.39 is 172 Å². The molecule has 43 nitrogen and oxygen atoms in total. The number of nitrogens with one attached hydrogen (secondary N) is 10. The first-order valence-electron chi connectivity index (χ1n) is 38.7. The third kappa shape index (κ3) is 41.7. The molecule has 4 rings (SSSR count). The van der Waals surface area contributed by atoms with Crippen LogP contribution in [0.1, 0.15) is 84.1 Å². The maximum atomic E-state index is 14.3. The first kappa shape index (κ1) is 100. The van der Waals surface area contributed by atoms with Crippen molar-refractivity contribution in [2.45, 2.75) is 183 Å². The van der Waals surface area contributed by atoms with Crippen LogP contribution in [0.5, 0.6) is 0 Å². The number of hydrogen-bond acceptors (Lipinski definition) is 33. The summed E-state index contributed by atoms with van der Waals surface area (Å²) in [6.07, 6.45) is -15.1. The normalized spacial score (nSPS) is 23.5. The second-order valence-corrected chi connectivity index (χ2v) is 26.8. The quantitative estimate of drug-likeness (QED) is 0.0269.